The van der Waals surface area contributed by atoms with E-state index in [1.54, 1.807) is 0 Å². The van der Waals surface area contributed by atoms with Crippen LogP contribution in [0.4, 0.5) is 4.79 Å². The van der Waals surface area contributed by atoms with E-state index in [4.69, 9.17) is 5.11 Å². The molecule has 1 atom stereocenters. The number of piperidine rings is 1. The summed E-state index contributed by atoms with van der Waals surface area (Å²) in [6, 6.07) is 0.361. The van der Waals surface area contributed by atoms with E-state index in [1.165, 1.54) is 12.8 Å². The van der Waals surface area contributed by atoms with Crippen molar-refractivity contribution in [3.63, 3.8) is 0 Å². The molecule has 0 aromatic carbocycles. The van der Waals surface area contributed by atoms with Gasteiger partial charge in [0.1, 0.15) is 0 Å². The Morgan fingerprint density at radius 2 is 1.68 bits per heavy atom. The van der Waals surface area contributed by atoms with Crippen LogP contribution in [0.1, 0.15) is 59.3 Å². The average Bonchev–Trinajstić information content (AvgIpc) is 2.57. The monoisotopic (exact) mass is 353 g/mol. The van der Waals surface area contributed by atoms with Gasteiger partial charge in [0.2, 0.25) is 0 Å². The number of urea groups is 1. The summed E-state index contributed by atoms with van der Waals surface area (Å²) in [7, 11) is 0. The van der Waals surface area contributed by atoms with Gasteiger partial charge >= 0.3 is 12.0 Å². The quantitative estimate of drug-likeness (QED) is 0.686. The average molecular weight is 354 g/mol. The molecular weight excluding hydrogens is 318 g/mol. The van der Waals surface area contributed by atoms with Gasteiger partial charge in [-0.1, -0.05) is 20.8 Å². The lowest BCUT2D eigenvalue weighted by Crippen LogP contribution is -2.52. The Kier molecular flexibility index (Phi) is 7.54. The molecule has 25 heavy (non-hydrogen) atoms. The minimum Gasteiger partial charge on any atom is -0.481 e. The van der Waals surface area contributed by atoms with Crippen molar-refractivity contribution < 1.29 is 14.7 Å². The lowest BCUT2D eigenvalue weighted by molar-refractivity contribution is -0.142. The maximum absolute atomic E-state index is 12.2. The van der Waals surface area contributed by atoms with Gasteiger partial charge in [-0.15, -0.1) is 0 Å². The molecule has 2 rings (SSSR count). The van der Waals surface area contributed by atoms with Crippen LogP contribution in [0.15, 0.2) is 0 Å². The SMILES string of the molecule is CC1CCN(C(CNC(=O)NC2CCC(C(=O)O)CC2)C(C)C)CC1. The first kappa shape index (κ1) is 20.0. The molecule has 2 aliphatic rings. The second kappa shape index (κ2) is 9.41. The van der Waals surface area contributed by atoms with E-state index in [2.05, 4.69) is 36.3 Å². The highest BCUT2D eigenvalue weighted by atomic mass is 16.4. The fraction of sp³-hybridized carbons (Fsp3) is 0.895. The molecule has 144 valence electrons. The van der Waals surface area contributed by atoms with E-state index in [9.17, 15) is 9.59 Å². The number of carboxylic acids is 1. The highest BCUT2D eigenvalue weighted by Crippen LogP contribution is 2.24. The molecule has 0 spiro atoms. The van der Waals surface area contributed by atoms with Gasteiger partial charge in [0.05, 0.1) is 5.92 Å². The standard InChI is InChI=1S/C19H35N3O3/c1-13(2)17(22-10-8-14(3)9-11-22)12-20-19(25)21-16-6-4-15(5-7-16)18(23)24/h13-17H,4-12H2,1-3H3,(H,23,24)(H2,20,21,25). The number of hydrogen-bond acceptors (Lipinski definition) is 3. The Balaban J connectivity index is 1.73. The number of rotatable bonds is 6. The molecule has 0 aromatic rings. The van der Waals surface area contributed by atoms with Gasteiger partial charge in [-0.25, -0.2) is 4.79 Å². The van der Waals surface area contributed by atoms with Crippen molar-refractivity contribution in [3.05, 3.63) is 0 Å². The molecule has 1 saturated heterocycles. The van der Waals surface area contributed by atoms with E-state index in [0.29, 0.717) is 31.3 Å². The number of amides is 2. The molecule has 6 heteroatoms. The Morgan fingerprint density at radius 3 is 2.20 bits per heavy atom. The molecule has 2 amide bonds. The number of carbonyl (C=O) groups excluding carboxylic acids is 1. The molecular formula is C19H35N3O3. The van der Waals surface area contributed by atoms with Crippen LogP contribution in [0.3, 0.4) is 0 Å². The molecule has 1 heterocycles. The summed E-state index contributed by atoms with van der Waals surface area (Å²) in [4.78, 5) is 25.7. The molecule has 1 unspecified atom stereocenters. The molecule has 3 N–H and O–H groups in total. The van der Waals surface area contributed by atoms with Crippen LogP contribution < -0.4 is 10.6 Å². The highest BCUT2D eigenvalue weighted by molar-refractivity contribution is 5.74. The first-order valence-corrected chi connectivity index (χ1v) is 9.88. The lowest BCUT2D eigenvalue weighted by atomic mass is 9.86. The largest absolute Gasteiger partial charge is 0.481 e. The van der Waals surface area contributed by atoms with Gasteiger partial charge in [0.15, 0.2) is 0 Å². The van der Waals surface area contributed by atoms with Crippen LogP contribution in [0, 0.1) is 17.8 Å². The van der Waals surface area contributed by atoms with Crippen LogP contribution in [0.5, 0.6) is 0 Å². The lowest BCUT2D eigenvalue weighted by Gasteiger charge is -2.39. The van der Waals surface area contributed by atoms with Crippen molar-refractivity contribution in [2.45, 2.75) is 71.4 Å². The molecule has 1 aliphatic heterocycles. The van der Waals surface area contributed by atoms with Crippen molar-refractivity contribution in [2.24, 2.45) is 17.8 Å². The van der Waals surface area contributed by atoms with Crippen molar-refractivity contribution >= 4 is 12.0 Å². The number of carboxylic acid groups (broad SMARTS) is 1. The van der Waals surface area contributed by atoms with Crippen LogP contribution in [0.25, 0.3) is 0 Å². The smallest absolute Gasteiger partial charge is 0.315 e. The number of nitrogens with zero attached hydrogens (tertiary/aromatic N) is 1. The molecule has 0 aromatic heterocycles. The molecule has 0 radical (unpaired) electrons. The third kappa shape index (κ3) is 6.17. The first-order valence-electron chi connectivity index (χ1n) is 9.88. The first-order chi connectivity index (χ1) is 11.9. The molecule has 0 bridgehead atoms. The van der Waals surface area contributed by atoms with Gasteiger partial charge < -0.3 is 15.7 Å². The normalized spacial score (nSPS) is 27.0. The summed E-state index contributed by atoms with van der Waals surface area (Å²) < 4.78 is 0. The zero-order valence-corrected chi connectivity index (χ0v) is 16.0. The number of carbonyl (C=O) groups is 2. The molecule has 6 nitrogen and oxygen atoms in total. The number of nitrogens with one attached hydrogen (secondary N) is 2. The van der Waals surface area contributed by atoms with Gasteiger partial charge in [-0.05, 0) is 63.5 Å². The van der Waals surface area contributed by atoms with Crippen molar-refractivity contribution in [1.29, 1.82) is 0 Å². The van der Waals surface area contributed by atoms with Gasteiger partial charge in [-0.3, -0.25) is 9.69 Å². The van der Waals surface area contributed by atoms with E-state index in [1.807, 2.05) is 0 Å². The van der Waals surface area contributed by atoms with Crippen LogP contribution in [-0.2, 0) is 4.79 Å². The number of aliphatic carboxylic acids is 1. The predicted octanol–water partition coefficient (Wildman–Crippen LogP) is 2.69. The zero-order chi connectivity index (χ0) is 18.4. The van der Waals surface area contributed by atoms with Crippen LogP contribution in [0.2, 0.25) is 0 Å². The molecule has 1 aliphatic carbocycles. The summed E-state index contributed by atoms with van der Waals surface area (Å²) >= 11 is 0. The maximum Gasteiger partial charge on any atom is 0.315 e. The van der Waals surface area contributed by atoms with Crippen molar-refractivity contribution in [2.75, 3.05) is 19.6 Å². The van der Waals surface area contributed by atoms with Crippen LogP contribution >= 0.6 is 0 Å². The number of likely N-dealkylation sites (tertiary alicyclic amines) is 1. The summed E-state index contributed by atoms with van der Waals surface area (Å²) in [6.45, 7) is 9.65. The summed E-state index contributed by atoms with van der Waals surface area (Å²) in [5, 5.41) is 15.1. The second-order valence-corrected chi connectivity index (χ2v) is 8.27. The topological polar surface area (TPSA) is 81.7 Å². The Bertz CT molecular complexity index is 439. The van der Waals surface area contributed by atoms with Crippen molar-refractivity contribution in [3.8, 4) is 0 Å². The van der Waals surface area contributed by atoms with Crippen LogP contribution in [-0.4, -0.2) is 53.7 Å². The van der Waals surface area contributed by atoms with E-state index in [0.717, 1.165) is 31.8 Å². The summed E-state index contributed by atoms with van der Waals surface area (Å²) in [5.74, 6) is 0.354. The van der Waals surface area contributed by atoms with Crippen molar-refractivity contribution in [1.82, 2.24) is 15.5 Å². The second-order valence-electron chi connectivity index (χ2n) is 8.27. The fourth-order valence-electron chi connectivity index (χ4n) is 4.07. The molecule has 2 fully saturated rings. The Hall–Kier alpha value is -1.30. The van der Waals surface area contributed by atoms with E-state index >= 15 is 0 Å². The Morgan fingerprint density at radius 1 is 1.08 bits per heavy atom. The van der Waals surface area contributed by atoms with Gasteiger partial charge in [0, 0.05) is 18.6 Å². The van der Waals surface area contributed by atoms with Gasteiger partial charge in [-0.2, -0.15) is 0 Å². The highest BCUT2D eigenvalue weighted by Gasteiger charge is 2.28. The fourth-order valence-corrected chi connectivity index (χ4v) is 4.07. The van der Waals surface area contributed by atoms with E-state index in [-0.39, 0.29) is 18.0 Å². The third-order valence-electron chi connectivity index (χ3n) is 5.94. The third-order valence-corrected chi connectivity index (χ3v) is 5.94. The van der Waals surface area contributed by atoms with E-state index < -0.39 is 5.97 Å². The zero-order valence-electron chi connectivity index (χ0n) is 16.0. The number of hydrogen-bond donors (Lipinski definition) is 3. The predicted molar refractivity (Wildman–Crippen MR) is 98.5 cm³/mol. The summed E-state index contributed by atoms with van der Waals surface area (Å²) in [6.07, 6.45) is 5.29. The minimum atomic E-state index is -0.710. The molecule has 1 saturated carbocycles. The maximum atomic E-state index is 12.2. The minimum absolute atomic E-state index is 0.101. The summed E-state index contributed by atoms with van der Waals surface area (Å²) in [5.41, 5.74) is 0. The van der Waals surface area contributed by atoms with Gasteiger partial charge in [0.25, 0.3) is 0 Å². The Labute approximate surface area is 151 Å².